The fourth-order valence-electron chi connectivity index (χ4n) is 2.42. The average molecular weight is 367 g/mol. The van der Waals surface area contributed by atoms with Crippen molar-refractivity contribution in [3.63, 3.8) is 0 Å². The van der Waals surface area contributed by atoms with Crippen LogP contribution in [0.2, 0.25) is 0 Å². The van der Waals surface area contributed by atoms with Crippen LogP contribution in [-0.4, -0.2) is 17.6 Å². The van der Waals surface area contributed by atoms with Crippen molar-refractivity contribution < 1.29 is 14.3 Å². The van der Waals surface area contributed by atoms with Crippen LogP contribution >= 0.6 is 11.3 Å². The maximum Gasteiger partial charge on any atom is 0.344 e. The van der Waals surface area contributed by atoms with E-state index in [1.165, 1.54) is 5.56 Å². The highest BCUT2D eigenvalue weighted by Gasteiger charge is 2.10. The summed E-state index contributed by atoms with van der Waals surface area (Å²) < 4.78 is 10.8. The zero-order valence-corrected chi connectivity index (χ0v) is 15.9. The summed E-state index contributed by atoms with van der Waals surface area (Å²) in [6, 6.07) is 14.0. The van der Waals surface area contributed by atoms with Crippen molar-refractivity contribution in [1.29, 1.82) is 0 Å². The maximum atomic E-state index is 11.9. The van der Waals surface area contributed by atoms with E-state index in [4.69, 9.17) is 9.47 Å². The van der Waals surface area contributed by atoms with Crippen LogP contribution in [0.1, 0.15) is 22.4 Å². The Morgan fingerprint density at radius 1 is 1.08 bits per heavy atom. The predicted molar refractivity (Wildman–Crippen MR) is 103 cm³/mol. The summed E-state index contributed by atoms with van der Waals surface area (Å²) in [5.74, 6) is 0.299. The minimum atomic E-state index is -0.407. The van der Waals surface area contributed by atoms with Gasteiger partial charge in [-0.25, -0.2) is 9.78 Å². The lowest BCUT2D eigenvalue weighted by Crippen LogP contribution is -2.15. The van der Waals surface area contributed by atoms with Crippen molar-refractivity contribution >= 4 is 17.3 Å². The Morgan fingerprint density at radius 3 is 2.62 bits per heavy atom. The Bertz CT molecular complexity index is 900. The van der Waals surface area contributed by atoms with Crippen molar-refractivity contribution in [2.75, 3.05) is 6.61 Å². The van der Waals surface area contributed by atoms with E-state index in [1.807, 2.05) is 49.6 Å². The molecular formula is C21H21NO3S. The average Bonchev–Trinajstić information content (AvgIpc) is 3.11. The molecule has 0 amide bonds. The van der Waals surface area contributed by atoms with Crippen LogP contribution in [0, 0.1) is 20.8 Å². The van der Waals surface area contributed by atoms with Crippen LogP contribution < -0.4 is 4.74 Å². The van der Waals surface area contributed by atoms with Gasteiger partial charge in [0.15, 0.2) is 6.61 Å². The largest absolute Gasteiger partial charge is 0.482 e. The second-order valence-electron chi connectivity index (χ2n) is 6.16. The topological polar surface area (TPSA) is 48.4 Å². The quantitative estimate of drug-likeness (QED) is 0.584. The summed E-state index contributed by atoms with van der Waals surface area (Å²) in [6.45, 7) is 6.07. The second kappa shape index (κ2) is 8.15. The van der Waals surface area contributed by atoms with Crippen LogP contribution in [0.5, 0.6) is 5.75 Å². The number of hydrogen-bond donors (Lipinski definition) is 0. The molecule has 0 atom stereocenters. The molecule has 0 unspecified atom stereocenters. The summed E-state index contributed by atoms with van der Waals surface area (Å²) >= 11 is 1.54. The van der Waals surface area contributed by atoms with E-state index >= 15 is 0 Å². The van der Waals surface area contributed by atoms with E-state index in [9.17, 15) is 4.79 Å². The lowest BCUT2D eigenvalue weighted by atomic mass is 10.1. The lowest BCUT2D eigenvalue weighted by Gasteiger charge is -2.10. The molecule has 0 saturated carbocycles. The molecule has 4 nitrogen and oxygen atoms in total. The normalized spacial score (nSPS) is 10.6. The summed E-state index contributed by atoms with van der Waals surface area (Å²) in [5.41, 5.74) is 5.18. The van der Waals surface area contributed by atoms with Gasteiger partial charge >= 0.3 is 5.97 Å². The van der Waals surface area contributed by atoms with E-state index in [1.54, 1.807) is 11.3 Å². The molecule has 1 aromatic heterocycles. The molecule has 0 aliphatic rings. The second-order valence-corrected chi connectivity index (χ2v) is 7.02. The standard InChI is InChI=1S/C21H21NO3S/c1-14-7-9-17(10-8-14)21-22-18(13-26-21)11-25-20(23)12-24-19-6-4-5-15(2)16(19)3/h4-10,13H,11-12H2,1-3H3. The number of carbonyl (C=O) groups excluding carboxylic acids is 1. The summed E-state index contributed by atoms with van der Waals surface area (Å²) in [5, 5.41) is 2.83. The Hall–Kier alpha value is -2.66. The van der Waals surface area contributed by atoms with Crippen molar-refractivity contribution in [3.8, 4) is 16.3 Å². The molecular weight excluding hydrogens is 346 g/mol. The number of aromatic nitrogens is 1. The van der Waals surface area contributed by atoms with Gasteiger partial charge in [-0.2, -0.15) is 0 Å². The number of thiazole rings is 1. The lowest BCUT2D eigenvalue weighted by molar-refractivity contribution is -0.147. The third-order valence-electron chi connectivity index (χ3n) is 4.13. The van der Waals surface area contributed by atoms with Gasteiger partial charge in [0.05, 0.1) is 5.69 Å². The number of nitrogens with zero attached hydrogens (tertiary/aromatic N) is 1. The number of carbonyl (C=O) groups is 1. The Morgan fingerprint density at radius 2 is 1.85 bits per heavy atom. The number of rotatable bonds is 6. The minimum absolute atomic E-state index is 0.112. The minimum Gasteiger partial charge on any atom is -0.482 e. The van der Waals surface area contributed by atoms with Crippen molar-refractivity contribution in [2.24, 2.45) is 0 Å². The van der Waals surface area contributed by atoms with E-state index < -0.39 is 5.97 Å². The SMILES string of the molecule is Cc1ccc(-c2nc(COC(=O)COc3cccc(C)c3C)cs2)cc1. The Balaban J connectivity index is 1.52. The molecule has 0 fully saturated rings. The van der Waals surface area contributed by atoms with Crippen LogP contribution in [-0.2, 0) is 16.1 Å². The third-order valence-corrected chi connectivity index (χ3v) is 5.07. The van der Waals surface area contributed by atoms with Gasteiger partial charge in [-0.1, -0.05) is 42.0 Å². The fourth-order valence-corrected chi connectivity index (χ4v) is 3.23. The number of esters is 1. The molecule has 0 aliphatic carbocycles. The maximum absolute atomic E-state index is 11.9. The van der Waals surface area contributed by atoms with Gasteiger partial charge < -0.3 is 9.47 Å². The molecule has 0 radical (unpaired) electrons. The van der Waals surface area contributed by atoms with E-state index in [0.717, 1.165) is 27.4 Å². The van der Waals surface area contributed by atoms with Crippen LogP contribution in [0.3, 0.4) is 0 Å². The van der Waals surface area contributed by atoms with Gasteiger partial charge in [0.2, 0.25) is 0 Å². The van der Waals surface area contributed by atoms with Gasteiger partial charge in [-0.3, -0.25) is 0 Å². The highest BCUT2D eigenvalue weighted by molar-refractivity contribution is 7.13. The van der Waals surface area contributed by atoms with Gasteiger partial charge in [0.25, 0.3) is 0 Å². The van der Waals surface area contributed by atoms with Crippen LogP contribution in [0.15, 0.2) is 47.8 Å². The smallest absolute Gasteiger partial charge is 0.344 e. The van der Waals surface area contributed by atoms with Gasteiger partial charge in [-0.05, 0) is 38.0 Å². The highest BCUT2D eigenvalue weighted by atomic mass is 32.1. The Labute approximate surface area is 157 Å². The predicted octanol–water partition coefficient (Wildman–Crippen LogP) is 4.86. The molecule has 0 spiro atoms. The van der Waals surface area contributed by atoms with Crippen molar-refractivity contribution in [1.82, 2.24) is 4.98 Å². The van der Waals surface area contributed by atoms with Gasteiger partial charge in [0.1, 0.15) is 17.4 Å². The van der Waals surface area contributed by atoms with E-state index in [2.05, 4.69) is 24.0 Å². The van der Waals surface area contributed by atoms with Crippen molar-refractivity contribution in [3.05, 3.63) is 70.2 Å². The highest BCUT2D eigenvalue weighted by Crippen LogP contribution is 2.24. The van der Waals surface area contributed by atoms with Crippen molar-refractivity contribution in [2.45, 2.75) is 27.4 Å². The molecule has 0 bridgehead atoms. The molecule has 3 aromatic rings. The van der Waals surface area contributed by atoms with Crippen LogP contribution in [0.4, 0.5) is 0 Å². The first kappa shape index (κ1) is 18.1. The molecule has 26 heavy (non-hydrogen) atoms. The molecule has 0 aliphatic heterocycles. The monoisotopic (exact) mass is 367 g/mol. The summed E-state index contributed by atoms with van der Waals surface area (Å²) in [7, 11) is 0. The first-order chi connectivity index (χ1) is 12.5. The van der Waals surface area contributed by atoms with Crippen LogP contribution in [0.25, 0.3) is 10.6 Å². The third kappa shape index (κ3) is 4.49. The number of hydrogen-bond acceptors (Lipinski definition) is 5. The van der Waals surface area contributed by atoms with E-state index in [0.29, 0.717) is 5.75 Å². The summed E-state index contributed by atoms with van der Waals surface area (Å²) in [6.07, 6.45) is 0. The zero-order chi connectivity index (χ0) is 18.5. The summed E-state index contributed by atoms with van der Waals surface area (Å²) in [4.78, 5) is 16.5. The fraction of sp³-hybridized carbons (Fsp3) is 0.238. The number of aryl methyl sites for hydroxylation is 2. The molecule has 0 saturated heterocycles. The number of ether oxygens (including phenoxy) is 2. The first-order valence-electron chi connectivity index (χ1n) is 8.39. The Kier molecular flexibility index (Phi) is 5.68. The number of benzene rings is 2. The molecule has 3 rings (SSSR count). The van der Waals surface area contributed by atoms with Gasteiger partial charge in [0, 0.05) is 10.9 Å². The van der Waals surface area contributed by atoms with Gasteiger partial charge in [-0.15, -0.1) is 11.3 Å². The first-order valence-corrected chi connectivity index (χ1v) is 9.27. The molecule has 0 N–H and O–H groups in total. The molecule has 1 heterocycles. The molecule has 134 valence electrons. The zero-order valence-electron chi connectivity index (χ0n) is 15.1. The molecule has 2 aromatic carbocycles. The molecule has 5 heteroatoms. The van der Waals surface area contributed by atoms with E-state index in [-0.39, 0.29) is 13.2 Å².